The van der Waals surface area contributed by atoms with E-state index in [0.717, 1.165) is 30.3 Å². The number of nitro benzene ring substituents is 3. The second-order valence-electron chi connectivity index (χ2n) is 7.22. The Labute approximate surface area is 217 Å². The van der Waals surface area contributed by atoms with Gasteiger partial charge in [-0.2, -0.15) is 5.26 Å². The maximum absolute atomic E-state index is 12.7. The lowest BCUT2D eigenvalue weighted by atomic mass is 10.1. The first kappa shape index (κ1) is 27.0. The molecular weight excluding hydrogens is 526 g/mol. The largest absolute Gasteiger partial charge is 0.493 e. The summed E-state index contributed by atoms with van der Waals surface area (Å²) in [4.78, 5) is 43.9. The molecule has 0 aliphatic heterocycles. The lowest BCUT2D eigenvalue weighted by Gasteiger charge is -2.11. The minimum atomic E-state index is -0.956. The van der Waals surface area contributed by atoms with Gasteiger partial charge in [0.05, 0.1) is 27.9 Å². The molecule has 0 saturated carbocycles. The van der Waals surface area contributed by atoms with Gasteiger partial charge in [0.1, 0.15) is 17.3 Å². The summed E-state index contributed by atoms with van der Waals surface area (Å²) in [5, 5.41) is 45.5. The third-order valence-corrected chi connectivity index (χ3v) is 5.07. The predicted octanol–water partition coefficient (Wildman–Crippen LogP) is 5.41. The number of methoxy groups -OCH3 is 1. The summed E-state index contributed by atoms with van der Waals surface area (Å²) in [7, 11) is 1.30. The first-order valence-electron chi connectivity index (χ1n) is 10.2. The number of rotatable bonds is 9. The van der Waals surface area contributed by atoms with Crippen LogP contribution in [0.25, 0.3) is 6.08 Å². The van der Waals surface area contributed by atoms with Crippen LogP contribution >= 0.6 is 11.6 Å². The van der Waals surface area contributed by atoms with Crippen molar-refractivity contribution in [2.24, 2.45) is 0 Å². The summed E-state index contributed by atoms with van der Waals surface area (Å²) in [6.07, 6.45) is 1.15. The smallest absolute Gasteiger partial charge is 0.318 e. The van der Waals surface area contributed by atoms with E-state index in [0.29, 0.717) is 0 Å². The van der Waals surface area contributed by atoms with Gasteiger partial charge in [0.25, 0.3) is 17.3 Å². The zero-order valence-corrected chi connectivity index (χ0v) is 19.9. The monoisotopic (exact) mass is 539 g/mol. The second-order valence-corrected chi connectivity index (χ2v) is 7.66. The third-order valence-electron chi connectivity index (χ3n) is 4.84. The van der Waals surface area contributed by atoms with Crippen molar-refractivity contribution in [3.05, 3.63) is 101 Å². The molecule has 1 amide bonds. The van der Waals surface area contributed by atoms with Crippen molar-refractivity contribution in [1.82, 2.24) is 0 Å². The van der Waals surface area contributed by atoms with Crippen LogP contribution in [0.3, 0.4) is 0 Å². The molecule has 0 unspecified atom stereocenters. The molecule has 3 aromatic rings. The van der Waals surface area contributed by atoms with Crippen LogP contribution in [-0.4, -0.2) is 27.8 Å². The first-order valence-corrected chi connectivity index (χ1v) is 10.6. The molecule has 38 heavy (non-hydrogen) atoms. The van der Waals surface area contributed by atoms with E-state index in [9.17, 15) is 40.4 Å². The van der Waals surface area contributed by atoms with Crippen molar-refractivity contribution in [2.45, 2.75) is 0 Å². The number of nitrogens with zero attached hydrogens (tertiary/aromatic N) is 4. The Morgan fingerprint density at radius 2 is 1.61 bits per heavy atom. The molecule has 0 aliphatic rings. The second kappa shape index (κ2) is 11.5. The Morgan fingerprint density at radius 1 is 0.921 bits per heavy atom. The zero-order valence-electron chi connectivity index (χ0n) is 19.1. The van der Waals surface area contributed by atoms with Crippen molar-refractivity contribution in [3.8, 4) is 23.3 Å². The summed E-state index contributed by atoms with van der Waals surface area (Å²) in [6.45, 7) is 0. The summed E-state index contributed by atoms with van der Waals surface area (Å²) in [5.41, 5.74) is -2.07. The van der Waals surface area contributed by atoms with Crippen molar-refractivity contribution in [3.63, 3.8) is 0 Å². The van der Waals surface area contributed by atoms with Crippen LogP contribution in [0.5, 0.6) is 17.2 Å². The summed E-state index contributed by atoms with van der Waals surface area (Å²) in [5.74, 6) is -1.23. The standard InChI is InChI=1S/C23H14ClN5O9/c1-37-21-6-2-13(9-22(21)38-20-7-4-16(27(31)32)11-19(20)29(35)36)8-14(12-25)23(30)26-17-5-3-15(24)10-18(17)28(33)34/h2-11H,1H3,(H,26,30)/b14-8-. The SMILES string of the molecule is COc1ccc(/C=C(/C#N)C(=O)Nc2ccc(Cl)cc2[N+](=O)[O-])cc1Oc1ccc([N+](=O)[O-])cc1[N+](=O)[O-]. The number of carbonyl (C=O) groups excluding carboxylic acids is 1. The molecule has 0 bridgehead atoms. The molecule has 3 rings (SSSR count). The maximum atomic E-state index is 12.7. The molecular formula is C23H14ClN5O9. The normalized spacial score (nSPS) is 10.7. The minimum Gasteiger partial charge on any atom is -0.493 e. The van der Waals surface area contributed by atoms with Crippen molar-refractivity contribution < 1.29 is 29.0 Å². The van der Waals surface area contributed by atoms with E-state index in [2.05, 4.69) is 5.32 Å². The number of benzene rings is 3. The number of non-ortho nitro benzene ring substituents is 1. The summed E-state index contributed by atoms with van der Waals surface area (Å²) < 4.78 is 10.8. The zero-order chi connectivity index (χ0) is 28.0. The fourth-order valence-electron chi connectivity index (χ4n) is 3.10. The molecule has 0 heterocycles. The molecule has 0 radical (unpaired) electrons. The van der Waals surface area contributed by atoms with E-state index in [-0.39, 0.29) is 33.5 Å². The van der Waals surface area contributed by atoms with Crippen molar-refractivity contribution in [2.75, 3.05) is 12.4 Å². The molecule has 192 valence electrons. The van der Waals surface area contributed by atoms with E-state index < -0.39 is 43.3 Å². The molecule has 15 heteroatoms. The first-order chi connectivity index (χ1) is 18.0. The number of carbonyl (C=O) groups is 1. The quantitative estimate of drug-likeness (QED) is 0.158. The van der Waals surface area contributed by atoms with Gasteiger partial charge in [-0.05, 0) is 42.0 Å². The molecule has 14 nitrogen and oxygen atoms in total. The molecule has 0 spiro atoms. The van der Waals surface area contributed by atoms with Gasteiger partial charge in [-0.3, -0.25) is 35.1 Å². The van der Waals surface area contributed by atoms with Gasteiger partial charge in [0.2, 0.25) is 5.75 Å². The highest BCUT2D eigenvalue weighted by atomic mass is 35.5. The van der Waals surface area contributed by atoms with Gasteiger partial charge in [-0.25, -0.2) is 0 Å². The summed E-state index contributed by atoms with van der Waals surface area (Å²) in [6, 6.07) is 12.2. The van der Waals surface area contributed by atoms with Crippen LogP contribution in [0, 0.1) is 41.7 Å². The Hall–Kier alpha value is -5.55. The molecule has 0 fully saturated rings. The van der Waals surface area contributed by atoms with Crippen LogP contribution in [-0.2, 0) is 4.79 Å². The van der Waals surface area contributed by atoms with Crippen LogP contribution in [0.1, 0.15) is 5.56 Å². The molecule has 0 saturated heterocycles. The lowest BCUT2D eigenvalue weighted by Crippen LogP contribution is -2.14. The lowest BCUT2D eigenvalue weighted by molar-refractivity contribution is -0.394. The van der Waals surface area contributed by atoms with Crippen LogP contribution in [0.15, 0.2) is 60.2 Å². The number of nitro groups is 3. The minimum absolute atomic E-state index is 0.0655. The topological polar surface area (TPSA) is 201 Å². The molecule has 0 aliphatic carbocycles. The van der Waals surface area contributed by atoms with Crippen LogP contribution < -0.4 is 14.8 Å². The Balaban J connectivity index is 1.96. The highest BCUT2D eigenvalue weighted by Crippen LogP contribution is 2.39. The Morgan fingerprint density at radius 3 is 2.21 bits per heavy atom. The molecule has 1 N–H and O–H groups in total. The van der Waals surface area contributed by atoms with Crippen molar-refractivity contribution >= 4 is 46.3 Å². The van der Waals surface area contributed by atoms with E-state index in [1.807, 2.05) is 0 Å². The number of hydrogen-bond acceptors (Lipinski definition) is 10. The van der Waals surface area contributed by atoms with E-state index in [4.69, 9.17) is 21.1 Å². The van der Waals surface area contributed by atoms with E-state index >= 15 is 0 Å². The van der Waals surface area contributed by atoms with Crippen molar-refractivity contribution in [1.29, 1.82) is 5.26 Å². The van der Waals surface area contributed by atoms with Gasteiger partial charge in [-0.1, -0.05) is 17.7 Å². The van der Waals surface area contributed by atoms with Gasteiger partial charge >= 0.3 is 5.69 Å². The maximum Gasteiger partial charge on any atom is 0.318 e. The van der Waals surface area contributed by atoms with E-state index in [1.54, 1.807) is 6.07 Å². The number of nitriles is 1. The number of hydrogen-bond donors (Lipinski definition) is 1. The van der Waals surface area contributed by atoms with Gasteiger partial charge in [-0.15, -0.1) is 0 Å². The van der Waals surface area contributed by atoms with E-state index in [1.165, 1.54) is 37.4 Å². The molecule has 0 atom stereocenters. The van der Waals surface area contributed by atoms with Crippen LogP contribution in [0.2, 0.25) is 5.02 Å². The average Bonchev–Trinajstić information content (AvgIpc) is 2.88. The summed E-state index contributed by atoms with van der Waals surface area (Å²) >= 11 is 5.77. The van der Waals surface area contributed by atoms with Gasteiger partial charge < -0.3 is 14.8 Å². The molecule has 3 aromatic carbocycles. The number of halogens is 1. The van der Waals surface area contributed by atoms with Gasteiger partial charge in [0, 0.05) is 17.2 Å². The number of nitrogens with one attached hydrogen (secondary N) is 1. The number of anilines is 1. The molecule has 0 aromatic heterocycles. The fourth-order valence-corrected chi connectivity index (χ4v) is 3.26. The average molecular weight is 540 g/mol. The Bertz CT molecular complexity index is 1550. The highest BCUT2D eigenvalue weighted by Gasteiger charge is 2.23. The predicted molar refractivity (Wildman–Crippen MR) is 133 cm³/mol. The third kappa shape index (κ3) is 6.17. The van der Waals surface area contributed by atoms with Gasteiger partial charge in [0.15, 0.2) is 11.5 Å². The fraction of sp³-hybridized carbons (Fsp3) is 0.0435. The highest BCUT2D eigenvalue weighted by molar-refractivity contribution is 6.31. The number of amides is 1. The number of ether oxygens (including phenoxy) is 2. The Kier molecular flexibility index (Phi) is 8.15. The van der Waals surface area contributed by atoms with Crippen LogP contribution in [0.4, 0.5) is 22.7 Å².